The van der Waals surface area contributed by atoms with Gasteiger partial charge in [-0.25, -0.2) is 9.48 Å². The van der Waals surface area contributed by atoms with Crippen molar-refractivity contribution in [1.29, 1.82) is 0 Å². The molecule has 5 rings (SSSR count). The molecule has 0 aliphatic rings. The van der Waals surface area contributed by atoms with E-state index in [0.717, 1.165) is 22.2 Å². The zero-order valence-corrected chi connectivity index (χ0v) is 16.8. The van der Waals surface area contributed by atoms with Crippen molar-refractivity contribution in [2.75, 3.05) is 5.43 Å². The van der Waals surface area contributed by atoms with Gasteiger partial charge < -0.3 is 9.52 Å². The summed E-state index contributed by atoms with van der Waals surface area (Å²) in [6.45, 7) is 0. The fourth-order valence-corrected chi connectivity index (χ4v) is 3.38. The second kappa shape index (κ2) is 8.23. The Labute approximate surface area is 183 Å². The lowest BCUT2D eigenvalue weighted by atomic mass is 10.2. The van der Waals surface area contributed by atoms with Crippen molar-refractivity contribution < 1.29 is 14.3 Å². The Balaban J connectivity index is 1.51. The number of aromatic carboxylic acids is 1. The fraction of sp³-hybridized carbons (Fsp3) is 0. The van der Waals surface area contributed by atoms with Crippen LogP contribution in [-0.2, 0) is 0 Å². The summed E-state index contributed by atoms with van der Waals surface area (Å²) >= 11 is 0. The monoisotopic (exact) mass is 422 g/mol. The summed E-state index contributed by atoms with van der Waals surface area (Å²) in [6, 6.07) is 26.0. The third-order valence-electron chi connectivity index (χ3n) is 4.93. The minimum Gasteiger partial charge on any atom is -0.478 e. The van der Waals surface area contributed by atoms with E-state index in [-0.39, 0.29) is 5.56 Å². The van der Waals surface area contributed by atoms with Gasteiger partial charge in [-0.1, -0.05) is 42.5 Å². The zero-order chi connectivity index (χ0) is 21.9. The molecular weight excluding hydrogens is 404 g/mol. The molecule has 156 valence electrons. The van der Waals surface area contributed by atoms with Crippen LogP contribution < -0.4 is 5.43 Å². The predicted octanol–water partition coefficient (Wildman–Crippen LogP) is 5.43. The van der Waals surface area contributed by atoms with Gasteiger partial charge in [-0.05, 0) is 42.5 Å². The largest absolute Gasteiger partial charge is 0.478 e. The first-order valence-corrected chi connectivity index (χ1v) is 9.94. The van der Waals surface area contributed by atoms with Crippen LogP contribution in [0.5, 0.6) is 0 Å². The predicted molar refractivity (Wildman–Crippen MR) is 123 cm³/mol. The molecule has 0 aliphatic heterocycles. The molecule has 2 aromatic heterocycles. The average molecular weight is 422 g/mol. The minimum atomic E-state index is -0.992. The maximum absolute atomic E-state index is 11.2. The van der Waals surface area contributed by atoms with Gasteiger partial charge in [0.05, 0.1) is 23.2 Å². The number of furan rings is 1. The Morgan fingerprint density at radius 1 is 1.00 bits per heavy atom. The number of rotatable bonds is 6. The first kappa shape index (κ1) is 19.3. The van der Waals surface area contributed by atoms with E-state index in [2.05, 4.69) is 10.5 Å². The highest BCUT2D eigenvalue weighted by molar-refractivity contribution is 5.91. The summed E-state index contributed by atoms with van der Waals surface area (Å²) in [5, 5.41) is 19.2. The number of nitrogens with one attached hydrogen (secondary N) is 1. The first-order chi connectivity index (χ1) is 15.7. The Morgan fingerprint density at radius 2 is 1.81 bits per heavy atom. The lowest BCUT2D eigenvalue weighted by Gasteiger charge is -2.01. The second-order valence-corrected chi connectivity index (χ2v) is 7.12. The summed E-state index contributed by atoms with van der Waals surface area (Å²) < 4.78 is 7.80. The van der Waals surface area contributed by atoms with E-state index in [9.17, 15) is 4.79 Å². The Morgan fingerprint density at radius 3 is 2.62 bits per heavy atom. The summed E-state index contributed by atoms with van der Waals surface area (Å²) in [4.78, 5) is 11.2. The van der Waals surface area contributed by atoms with Crippen molar-refractivity contribution in [2.45, 2.75) is 0 Å². The molecule has 7 heteroatoms. The summed E-state index contributed by atoms with van der Waals surface area (Å²) in [7, 11) is 0. The topological polar surface area (TPSA) is 92.7 Å². The van der Waals surface area contributed by atoms with Gasteiger partial charge in [-0.3, -0.25) is 5.43 Å². The molecule has 2 N–H and O–H groups in total. The van der Waals surface area contributed by atoms with Crippen molar-refractivity contribution in [2.24, 2.45) is 5.10 Å². The number of aromatic nitrogens is 2. The summed E-state index contributed by atoms with van der Waals surface area (Å²) in [5.74, 6) is -0.357. The van der Waals surface area contributed by atoms with E-state index in [1.54, 1.807) is 23.0 Å². The Kier molecular flexibility index (Phi) is 4.97. The number of nitrogens with zero attached hydrogens (tertiary/aromatic N) is 3. The summed E-state index contributed by atoms with van der Waals surface area (Å²) in [5.41, 5.74) is 6.72. The molecule has 7 nitrogen and oxygen atoms in total. The molecule has 0 saturated carbocycles. The molecule has 0 amide bonds. The van der Waals surface area contributed by atoms with Crippen molar-refractivity contribution >= 4 is 28.8 Å². The van der Waals surface area contributed by atoms with Gasteiger partial charge in [0.25, 0.3) is 0 Å². The molecule has 0 bridgehead atoms. The SMILES string of the molecule is O=C(O)c1cccc(N/N=C/c2cn(-c3ccccc3)nc2-c2cc3ccccc3o2)c1. The van der Waals surface area contributed by atoms with Crippen LogP contribution in [0, 0.1) is 0 Å². The highest BCUT2D eigenvalue weighted by Crippen LogP contribution is 2.29. The molecule has 32 heavy (non-hydrogen) atoms. The van der Waals surface area contributed by atoms with Crippen LogP contribution in [0.25, 0.3) is 28.1 Å². The van der Waals surface area contributed by atoms with E-state index in [1.807, 2.05) is 66.9 Å². The highest BCUT2D eigenvalue weighted by atomic mass is 16.4. The lowest BCUT2D eigenvalue weighted by molar-refractivity contribution is 0.0697. The maximum atomic E-state index is 11.2. The number of carbonyl (C=O) groups is 1. The van der Waals surface area contributed by atoms with Gasteiger partial charge in [-0.2, -0.15) is 10.2 Å². The molecule has 3 aromatic carbocycles. The van der Waals surface area contributed by atoms with Gasteiger partial charge in [0.15, 0.2) is 5.76 Å². The van der Waals surface area contributed by atoms with Crippen LogP contribution >= 0.6 is 0 Å². The molecular formula is C25H18N4O3. The smallest absolute Gasteiger partial charge is 0.335 e. The maximum Gasteiger partial charge on any atom is 0.335 e. The van der Waals surface area contributed by atoms with E-state index in [0.29, 0.717) is 17.1 Å². The van der Waals surface area contributed by atoms with Gasteiger partial charge in [0, 0.05) is 17.1 Å². The molecule has 0 spiro atoms. The molecule has 0 saturated heterocycles. The average Bonchev–Trinajstić information content (AvgIpc) is 3.44. The number of benzene rings is 3. The van der Waals surface area contributed by atoms with Crippen molar-refractivity contribution in [3.8, 4) is 17.1 Å². The van der Waals surface area contributed by atoms with E-state index >= 15 is 0 Å². The standard InChI is InChI=1S/C25H18N4O3/c30-25(31)18-8-6-9-20(13-18)27-26-15-19-16-29(21-10-2-1-3-11-21)28-24(19)23-14-17-7-4-5-12-22(17)32-23/h1-16,27H,(H,30,31)/b26-15+. The van der Waals surface area contributed by atoms with Crippen molar-refractivity contribution in [3.63, 3.8) is 0 Å². The Hall–Kier alpha value is -4.65. The van der Waals surface area contributed by atoms with Crippen LogP contribution in [-0.4, -0.2) is 27.1 Å². The van der Waals surface area contributed by atoms with Gasteiger partial charge in [0.1, 0.15) is 11.3 Å². The number of hydrazone groups is 1. The molecule has 0 aliphatic carbocycles. The third kappa shape index (κ3) is 3.87. The second-order valence-electron chi connectivity index (χ2n) is 7.12. The van der Waals surface area contributed by atoms with Gasteiger partial charge in [-0.15, -0.1) is 0 Å². The quantitative estimate of drug-likeness (QED) is 0.281. The van der Waals surface area contributed by atoms with Crippen LogP contribution in [0.3, 0.4) is 0 Å². The molecule has 0 unspecified atom stereocenters. The van der Waals surface area contributed by atoms with Crippen molar-refractivity contribution in [3.05, 3.63) is 102 Å². The van der Waals surface area contributed by atoms with E-state index in [4.69, 9.17) is 14.6 Å². The fourth-order valence-electron chi connectivity index (χ4n) is 3.38. The number of fused-ring (bicyclic) bond motifs is 1. The van der Waals surface area contributed by atoms with Crippen molar-refractivity contribution in [1.82, 2.24) is 9.78 Å². The van der Waals surface area contributed by atoms with Crippen LogP contribution in [0.15, 0.2) is 101 Å². The number of para-hydroxylation sites is 2. The zero-order valence-electron chi connectivity index (χ0n) is 16.8. The normalized spacial score (nSPS) is 11.2. The molecule has 0 radical (unpaired) electrons. The third-order valence-corrected chi connectivity index (χ3v) is 4.93. The lowest BCUT2D eigenvalue weighted by Crippen LogP contribution is -1.97. The first-order valence-electron chi connectivity index (χ1n) is 9.94. The highest BCUT2D eigenvalue weighted by Gasteiger charge is 2.15. The molecule has 2 heterocycles. The van der Waals surface area contributed by atoms with Crippen LogP contribution in [0.1, 0.15) is 15.9 Å². The van der Waals surface area contributed by atoms with E-state index < -0.39 is 5.97 Å². The van der Waals surface area contributed by atoms with Gasteiger partial charge >= 0.3 is 5.97 Å². The van der Waals surface area contributed by atoms with Crippen LogP contribution in [0.4, 0.5) is 5.69 Å². The summed E-state index contributed by atoms with van der Waals surface area (Å²) in [6.07, 6.45) is 3.51. The Bertz CT molecular complexity index is 1400. The minimum absolute atomic E-state index is 0.185. The van der Waals surface area contributed by atoms with Gasteiger partial charge in [0.2, 0.25) is 0 Å². The molecule has 5 aromatic rings. The number of carboxylic acid groups (broad SMARTS) is 1. The van der Waals surface area contributed by atoms with Crippen LogP contribution in [0.2, 0.25) is 0 Å². The number of hydrogen-bond donors (Lipinski definition) is 2. The number of anilines is 1. The molecule has 0 fully saturated rings. The van der Waals surface area contributed by atoms with E-state index in [1.165, 1.54) is 12.1 Å². The molecule has 0 atom stereocenters. The number of hydrogen-bond acceptors (Lipinski definition) is 5. The number of carboxylic acids is 1.